The van der Waals surface area contributed by atoms with E-state index >= 15 is 0 Å². The molecule has 198 valence electrons. The van der Waals surface area contributed by atoms with Gasteiger partial charge in [-0.2, -0.15) is 0 Å². The van der Waals surface area contributed by atoms with E-state index in [1.165, 1.54) is 17.3 Å². The topological polar surface area (TPSA) is 95.5 Å². The number of sulfonamides is 1. The lowest BCUT2D eigenvalue weighted by atomic mass is 10.0. The fraction of sp³-hybridized carbons (Fsp3) is 0.321. The Kier molecular flexibility index (Phi) is 10.6. The Morgan fingerprint density at radius 1 is 1.03 bits per heavy atom. The quantitative estimate of drug-likeness (QED) is 0.201. The van der Waals surface area contributed by atoms with E-state index in [0.717, 1.165) is 47.2 Å². The van der Waals surface area contributed by atoms with Crippen LogP contribution in [0.5, 0.6) is 0 Å². The normalized spacial score (nSPS) is 12.5. The van der Waals surface area contributed by atoms with Gasteiger partial charge >= 0.3 is 0 Å². The first kappa shape index (κ1) is 29.2. The SMILES string of the molecule is CC(C)Sc1cc(-c2ccc(CCCNC[C@@H](O)c3cccc(Cl)c3)cc2)ccc1C(=O)NS(C)(=O)=O. The van der Waals surface area contributed by atoms with Crippen LogP contribution in [0.1, 0.15) is 47.9 Å². The highest BCUT2D eigenvalue weighted by atomic mass is 35.5. The third kappa shape index (κ3) is 9.47. The highest BCUT2D eigenvalue weighted by molar-refractivity contribution is 8.00. The van der Waals surface area contributed by atoms with Crippen LogP contribution in [0.3, 0.4) is 0 Å². The van der Waals surface area contributed by atoms with Crippen LogP contribution in [-0.4, -0.2) is 44.0 Å². The van der Waals surface area contributed by atoms with Crippen LogP contribution < -0.4 is 10.0 Å². The number of halogens is 1. The van der Waals surface area contributed by atoms with Crippen molar-refractivity contribution in [3.63, 3.8) is 0 Å². The molecule has 3 aromatic rings. The highest BCUT2D eigenvalue weighted by Gasteiger charge is 2.17. The van der Waals surface area contributed by atoms with Crippen molar-refractivity contribution in [3.05, 3.63) is 88.4 Å². The summed E-state index contributed by atoms with van der Waals surface area (Å²) >= 11 is 7.51. The minimum absolute atomic E-state index is 0.225. The van der Waals surface area contributed by atoms with Gasteiger partial charge in [-0.1, -0.05) is 67.9 Å². The monoisotopic (exact) mass is 560 g/mol. The minimum atomic E-state index is -3.64. The lowest BCUT2D eigenvalue weighted by Crippen LogP contribution is -2.29. The van der Waals surface area contributed by atoms with E-state index in [1.807, 2.05) is 38.1 Å². The molecule has 0 radical (unpaired) electrons. The fourth-order valence-corrected chi connectivity index (χ4v) is 5.45. The number of hydrogen-bond donors (Lipinski definition) is 3. The predicted molar refractivity (Wildman–Crippen MR) is 153 cm³/mol. The summed E-state index contributed by atoms with van der Waals surface area (Å²) in [5.41, 5.74) is 4.34. The molecule has 6 nitrogen and oxygen atoms in total. The highest BCUT2D eigenvalue weighted by Crippen LogP contribution is 2.32. The third-order valence-electron chi connectivity index (χ3n) is 5.54. The maximum Gasteiger partial charge on any atom is 0.265 e. The molecule has 9 heteroatoms. The molecular weight excluding hydrogens is 528 g/mol. The van der Waals surface area contributed by atoms with Gasteiger partial charge in [0.05, 0.1) is 17.9 Å². The second kappa shape index (κ2) is 13.4. The number of rotatable bonds is 12. The number of carbonyl (C=O) groups excluding carboxylic acids is 1. The number of aliphatic hydroxyl groups is 1. The molecule has 1 amide bonds. The van der Waals surface area contributed by atoms with Gasteiger partial charge in [-0.3, -0.25) is 4.79 Å². The predicted octanol–water partition coefficient (Wildman–Crippen LogP) is 5.45. The van der Waals surface area contributed by atoms with Crippen LogP contribution in [0.2, 0.25) is 5.02 Å². The molecule has 0 fully saturated rings. The molecule has 3 rings (SSSR count). The maximum absolute atomic E-state index is 12.5. The van der Waals surface area contributed by atoms with Crippen molar-refractivity contribution in [2.45, 2.75) is 42.9 Å². The number of aliphatic hydroxyl groups excluding tert-OH is 1. The third-order valence-corrected chi connectivity index (χ3v) is 7.40. The summed E-state index contributed by atoms with van der Waals surface area (Å²) in [6, 6.07) is 21.0. The Balaban J connectivity index is 1.57. The zero-order valence-corrected chi connectivity index (χ0v) is 23.6. The number of hydrogen-bond acceptors (Lipinski definition) is 6. The lowest BCUT2D eigenvalue weighted by Gasteiger charge is -2.14. The Morgan fingerprint density at radius 3 is 2.38 bits per heavy atom. The molecule has 0 unspecified atom stereocenters. The lowest BCUT2D eigenvalue weighted by molar-refractivity contribution is 0.0979. The zero-order chi connectivity index (χ0) is 27.0. The van der Waals surface area contributed by atoms with Gasteiger partial charge in [-0.05, 0) is 65.9 Å². The standard InChI is InChI=1S/C28H33ClN2O4S2/c1-19(2)36-27-17-22(13-14-25(27)28(33)31-37(3,34)35)21-11-9-20(10-12-21)6-5-15-30-18-26(32)23-7-4-8-24(29)16-23/h4,7-14,16-17,19,26,30,32H,5-6,15,18H2,1-3H3,(H,31,33)/t26-/m1/s1. The molecule has 0 aliphatic carbocycles. The molecular formula is C28H33ClN2O4S2. The van der Waals surface area contributed by atoms with Crippen LogP contribution in [0.15, 0.2) is 71.6 Å². The molecule has 0 spiro atoms. The van der Waals surface area contributed by atoms with Crippen molar-refractivity contribution in [1.82, 2.24) is 10.0 Å². The van der Waals surface area contributed by atoms with Crippen molar-refractivity contribution in [3.8, 4) is 11.1 Å². The number of amides is 1. The van der Waals surface area contributed by atoms with Crippen LogP contribution >= 0.6 is 23.4 Å². The molecule has 0 aromatic heterocycles. The van der Waals surface area contributed by atoms with Crippen LogP contribution in [0.25, 0.3) is 11.1 Å². The Labute approximate surface area is 228 Å². The van der Waals surface area contributed by atoms with Crippen LogP contribution in [-0.2, 0) is 16.4 Å². The van der Waals surface area contributed by atoms with Crippen LogP contribution in [0, 0.1) is 0 Å². The summed E-state index contributed by atoms with van der Waals surface area (Å²) in [6.45, 7) is 5.30. The molecule has 3 N–H and O–H groups in total. The second-order valence-corrected chi connectivity index (χ2v) is 13.0. The van der Waals surface area contributed by atoms with Crippen molar-refractivity contribution < 1.29 is 18.3 Å². The average molecular weight is 561 g/mol. The van der Waals surface area contributed by atoms with Gasteiger partial charge in [0.1, 0.15) is 0 Å². The summed E-state index contributed by atoms with van der Waals surface area (Å²) in [7, 11) is -3.64. The van der Waals surface area contributed by atoms with Crippen molar-refractivity contribution >= 4 is 39.3 Å². The number of thioether (sulfide) groups is 1. The summed E-state index contributed by atoms with van der Waals surface area (Å²) in [5.74, 6) is -0.624. The largest absolute Gasteiger partial charge is 0.387 e. The van der Waals surface area contributed by atoms with E-state index in [1.54, 1.807) is 18.2 Å². The summed E-state index contributed by atoms with van der Waals surface area (Å²) in [6.07, 6.45) is 2.21. The van der Waals surface area contributed by atoms with Gasteiger partial charge in [0.2, 0.25) is 10.0 Å². The van der Waals surface area contributed by atoms with Gasteiger partial charge in [0.15, 0.2) is 0 Å². The first-order chi connectivity index (χ1) is 17.5. The van der Waals surface area contributed by atoms with E-state index in [4.69, 9.17) is 11.6 Å². The maximum atomic E-state index is 12.5. The minimum Gasteiger partial charge on any atom is -0.387 e. The average Bonchev–Trinajstić information content (AvgIpc) is 2.82. The van der Waals surface area contributed by atoms with E-state index in [0.29, 0.717) is 17.1 Å². The Hall–Kier alpha value is -2.36. The van der Waals surface area contributed by atoms with Gasteiger partial charge in [0, 0.05) is 21.7 Å². The smallest absolute Gasteiger partial charge is 0.265 e. The van der Waals surface area contributed by atoms with Crippen molar-refractivity contribution in [2.24, 2.45) is 0 Å². The van der Waals surface area contributed by atoms with Crippen LogP contribution in [0.4, 0.5) is 0 Å². The Bertz CT molecular complexity index is 1310. The number of carbonyl (C=O) groups is 1. The molecule has 0 saturated heterocycles. The molecule has 3 aromatic carbocycles. The van der Waals surface area contributed by atoms with E-state index in [-0.39, 0.29) is 5.25 Å². The fourth-order valence-electron chi connectivity index (χ4n) is 3.82. The number of nitrogens with one attached hydrogen (secondary N) is 2. The summed E-state index contributed by atoms with van der Waals surface area (Å²) < 4.78 is 25.1. The molecule has 0 saturated carbocycles. The van der Waals surface area contributed by atoms with Crippen molar-refractivity contribution in [2.75, 3.05) is 19.3 Å². The van der Waals surface area contributed by atoms with E-state index < -0.39 is 22.0 Å². The summed E-state index contributed by atoms with van der Waals surface area (Å²) in [4.78, 5) is 13.2. The molecule has 0 heterocycles. The van der Waals surface area contributed by atoms with Gasteiger partial charge in [-0.15, -0.1) is 11.8 Å². The Morgan fingerprint density at radius 2 is 1.73 bits per heavy atom. The molecule has 0 bridgehead atoms. The molecule has 0 aliphatic rings. The van der Waals surface area contributed by atoms with E-state index in [9.17, 15) is 18.3 Å². The summed E-state index contributed by atoms with van der Waals surface area (Å²) in [5, 5.41) is 14.4. The number of aryl methyl sites for hydroxylation is 1. The van der Waals surface area contributed by atoms with Gasteiger partial charge in [-0.25, -0.2) is 13.1 Å². The first-order valence-electron chi connectivity index (χ1n) is 12.1. The second-order valence-electron chi connectivity index (χ2n) is 9.16. The number of benzene rings is 3. The van der Waals surface area contributed by atoms with Gasteiger partial charge < -0.3 is 10.4 Å². The molecule has 0 aliphatic heterocycles. The van der Waals surface area contributed by atoms with E-state index in [2.05, 4.69) is 34.3 Å². The van der Waals surface area contributed by atoms with Gasteiger partial charge in [0.25, 0.3) is 5.91 Å². The molecule has 1 atom stereocenters. The first-order valence-corrected chi connectivity index (χ1v) is 15.2. The zero-order valence-electron chi connectivity index (χ0n) is 21.2. The molecule has 37 heavy (non-hydrogen) atoms. The van der Waals surface area contributed by atoms with Crippen molar-refractivity contribution in [1.29, 1.82) is 0 Å².